The van der Waals surface area contributed by atoms with Crippen molar-refractivity contribution in [3.05, 3.63) is 40.9 Å². The molecule has 0 saturated heterocycles. The van der Waals surface area contributed by atoms with Crippen molar-refractivity contribution in [3.63, 3.8) is 0 Å². The van der Waals surface area contributed by atoms with Crippen LogP contribution in [0.2, 0.25) is 0 Å². The van der Waals surface area contributed by atoms with Crippen molar-refractivity contribution in [1.29, 1.82) is 0 Å². The third kappa shape index (κ3) is 1.73. The van der Waals surface area contributed by atoms with E-state index in [-0.39, 0.29) is 11.5 Å². The Kier molecular flexibility index (Phi) is 2.48. The molecule has 5 heteroatoms. The highest BCUT2D eigenvalue weighted by atomic mass is 79.9. The zero-order valence-electron chi connectivity index (χ0n) is 9.09. The maximum absolute atomic E-state index is 9.57. The van der Waals surface area contributed by atoms with E-state index in [0.717, 1.165) is 5.56 Å². The Balaban J connectivity index is 2.19. The van der Waals surface area contributed by atoms with Gasteiger partial charge in [0.15, 0.2) is 5.58 Å². The average Bonchev–Trinajstić information content (AvgIpc) is 2.80. The molecule has 3 rings (SSSR count). The Hall–Kier alpha value is -2.01. The first-order chi connectivity index (χ1) is 8.65. The molecule has 0 amide bonds. The van der Waals surface area contributed by atoms with Gasteiger partial charge in [0.05, 0.1) is 4.47 Å². The lowest BCUT2D eigenvalue weighted by Crippen LogP contribution is -1.76. The van der Waals surface area contributed by atoms with E-state index in [2.05, 4.69) is 20.9 Å². The minimum absolute atomic E-state index is 0.119. The van der Waals surface area contributed by atoms with Crippen molar-refractivity contribution in [2.24, 2.45) is 0 Å². The molecule has 4 nitrogen and oxygen atoms in total. The molecule has 0 saturated carbocycles. The van der Waals surface area contributed by atoms with Crippen LogP contribution in [0.4, 0.5) is 0 Å². The summed E-state index contributed by atoms with van der Waals surface area (Å²) in [7, 11) is 0. The summed E-state index contributed by atoms with van der Waals surface area (Å²) < 4.78 is 6.10. The lowest BCUT2D eigenvalue weighted by Gasteiger charge is -1.94. The second kappa shape index (κ2) is 4.03. The van der Waals surface area contributed by atoms with Crippen molar-refractivity contribution in [3.8, 4) is 23.0 Å². The zero-order valence-corrected chi connectivity index (χ0v) is 10.7. The Morgan fingerprint density at radius 1 is 1.00 bits per heavy atom. The molecule has 0 unspecified atom stereocenters. The summed E-state index contributed by atoms with van der Waals surface area (Å²) in [5.41, 5.74) is 1.91. The molecule has 0 bridgehead atoms. The van der Waals surface area contributed by atoms with Gasteiger partial charge in [-0.25, -0.2) is 4.98 Å². The molecule has 0 atom stereocenters. The number of benzene rings is 2. The molecule has 0 aliphatic heterocycles. The van der Waals surface area contributed by atoms with E-state index in [1.807, 2.05) is 0 Å². The first-order valence-corrected chi connectivity index (χ1v) is 6.02. The molecular weight excluding hydrogens is 298 g/mol. The number of phenolic OH excluding ortho intramolecular Hbond substituents is 2. The second-order valence-electron chi connectivity index (χ2n) is 3.81. The van der Waals surface area contributed by atoms with Crippen LogP contribution < -0.4 is 0 Å². The van der Waals surface area contributed by atoms with Gasteiger partial charge in [0, 0.05) is 5.56 Å². The van der Waals surface area contributed by atoms with E-state index in [4.69, 9.17) is 4.42 Å². The molecule has 0 radical (unpaired) electrons. The Bertz CT molecular complexity index is 719. The summed E-state index contributed by atoms with van der Waals surface area (Å²) >= 11 is 3.27. The zero-order chi connectivity index (χ0) is 12.7. The van der Waals surface area contributed by atoms with E-state index in [1.54, 1.807) is 30.3 Å². The molecule has 90 valence electrons. The first-order valence-electron chi connectivity index (χ1n) is 5.22. The number of nitrogens with zero attached hydrogens (tertiary/aromatic N) is 1. The summed E-state index contributed by atoms with van der Waals surface area (Å²) in [6.45, 7) is 0. The third-order valence-corrected chi connectivity index (χ3v) is 3.37. The van der Waals surface area contributed by atoms with E-state index in [1.165, 1.54) is 6.07 Å². The number of aromatic hydroxyl groups is 2. The van der Waals surface area contributed by atoms with Gasteiger partial charge < -0.3 is 14.6 Å². The largest absolute Gasteiger partial charge is 0.508 e. The molecule has 18 heavy (non-hydrogen) atoms. The highest BCUT2D eigenvalue weighted by Crippen LogP contribution is 2.34. The Morgan fingerprint density at radius 2 is 1.72 bits per heavy atom. The Morgan fingerprint density at radius 3 is 2.44 bits per heavy atom. The van der Waals surface area contributed by atoms with E-state index in [9.17, 15) is 10.2 Å². The fourth-order valence-electron chi connectivity index (χ4n) is 1.68. The van der Waals surface area contributed by atoms with Gasteiger partial charge in [0.2, 0.25) is 5.89 Å². The third-order valence-electron chi connectivity index (χ3n) is 2.59. The summed E-state index contributed by atoms with van der Waals surface area (Å²) in [6.07, 6.45) is 0. The van der Waals surface area contributed by atoms with Crippen molar-refractivity contribution in [2.75, 3.05) is 0 Å². The van der Waals surface area contributed by atoms with Crippen LogP contribution in [0, 0.1) is 0 Å². The minimum atomic E-state index is 0.119. The smallest absolute Gasteiger partial charge is 0.227 e. The van der Waals surface area contributed by atoms with Gasteiger partial charge in [-0.3, -0.25) is 0 Å². The van der Waals surface area contributed by atoms with Gasteiger partial charge in [-0.2, -0.15) is 0 Å². The number of oxazole rings is 1. The van der Waals surface area contributed by atoms with Gasteiger partial charge in [-0.1, -0.05) is 0 Å². The highest BCUT2D eigenvalue weighted by molar-refractivity contribution is 9.10. The fraction of sp³-hybridized carbons (Fsp3) is 0. The number of hydrogen-bond donors (Lipinski definition) is 2. The SMILES string of the molecule is Oc1ccc(-c2nc3c(Br)c(O)ccc3o2)cc1. The van der Waals surface area contributed by atoms with Crippen LogP contribution in [0.1, 0.15) is 0 Å². The molecule has 0 spiro atoms. The number of rotatable bonds is 1. The lowest BCUT2D eigenvalue weighted by molar-refractivity contribution is 0.472. The summed E-state index contributed by atoms with van der Waals surface area (Å²) in [5, 5.41) is 18.8. The summed E-state index contributed by atoms with van der Waals surface area (Å²) in [4.78, 5) is 4.32. The molecule has 2 aromatic carbocycles. The fourth-order valence-corrected chi connectivity index (χ4v) is 2.09. The quantitative estimate of drug-likeness (QED) is 0.720. The molecule has 3 aromatic rings. The van der Waals surface area contributed by atoms with Crippen LogP contribution in [0.3, 0.4) is 0 Å². The standard InChI is InChI=1S/C13H8BrNO3/c14-11-9(17)5-6-10-12(11)15-13(18-10)7-1-3-8(16)4-2-7/h1-6,16-17H. The number of fused-ring (bicyclic) bond motifs is 1. The normalized spacial score (nSPS) is 10.9. The van der Waals surface area contributed by atoms with Crippen molar-refractivity contribution in [2.45, 2.75) is 0 Å². The predicted molar refractivity (Wildman–Crippen MR) is 70.5 cm³/mol. The first kappa shape index (κ1) is 11.1. The van der Waals surface area contributed by atoms with Crippen molar-refractivity contribution in [1.82, 2.24) is 4.98 Å². The molecule has 1 heterocycles. The molecule has 0 aliphatic carbocycles. The molecule has 2 N–H and O–H groups in total. The van der Waals surface area contributed by atoms with Gasteiger partial charge in [-0.15, -0.1) is 0 Å². The van der Waals surface area contributed by atoms with E-state index >= 15 is 0 Å². The second-order valence-corrected chi connectivity index (χ2v) is 4.60. The average molecular weight is 306 g/mol. The van der Waals surface area contributed by atoms with Crippen LogP contribution >= 0.6 is 15.9 Å². The number of hydrogen-bond acceptors (Lipinski definition) is 4. The van der Waals surface area contributed by atoms with E-state index in [0.29, 0.717) is 21.5 Å². The lowest BCUT2D eigenvalue weighted by atomic mass is 10.2. The van der Waals surface area contributed by atoms with Crippen LogP contribution in [0.15, 0.2) is 45.3 Å². The van der Waals surface area contributed by atoms with Crippen LogP contribution in [-0.4, -0.2) is 15.2 Å². The number of aromatic nitrogens is 1. The van der Waals surface area contributed by atoms with Crippen LogP contribution in [0.25, 0.3) is 22.6 Å². The van der Waals surface area contributed by atoms with Crippen LogP contribution in [-0.2, 0) is 0 Å². The maximum Gasteiger partial charge on any atom is 0.227 e. The summed E-state index contributed by atoms with van der Waals surface area (Å²) in [6, 6.07) is 9.76. The molecular formula is C13H8BrNO3. The molecule has 1 aromatic heterocycles. The van der Waals surface area contributed by atoms with Crippen LogP contribution in [0.5, 0.6) is 11.5 Å². The van der Waals surface area contributed by atoms with Gasteiger partial charge in [0.25, 0.3) is 0 Å². The number of halogens is 1. The van der Waals surface area contributed by atoms with Gasteiger partial charge >= 0.3 is 0 Å². The highest BCUT2D eigenvalue weighted by Gasteiger charge is 2.12. The maximum atomic E-state index is 9.57. The molecule has 0 fully saturated rings. The topological polar surface area (TPSA) is 66.5 Å². The predicted octanol–water partition coefficient (Wildman–Crippen LogP) is 3.67. The molecule has 0 aliphatic rings. The van der Waals surface area contributed by atoms with Gasteiger partial charge in [0.1, 0.15) is 17.0 Å². The van der Waals surface area contributed by atoms with Crippen molar-refractivity contribution >= 4 is 27.0 Å². The summed E-state index contributed by atoms with van der Waals surface area (Å²) in [5.74, 6) is 0.748. The van der Waals surface area contributed by atoms with Crippen molar-refractivity contribution < 1.29 is 14.6 Å². The Labute approximate surface area is 111 Å². The monoisotopic (exact) mass is 305 g/mol. The minimum Gasteiger partial charge on any atom is -0.508 e. The number of phenols is 2. The van der Waals surface area contributed by atoms with Gasteiger partial charge in [-0.05, 0) is 52.3 Å². The van der Waals surface area contributed by atoms with E-state index < -0.39 is 0 Å².